The zero-order chi connectivity index (χ0) is 23.8. The molecule has 8 heteroatoms. The Kier molecular flexibility index (Phi) is 8.37. The summed E-state index contributed by atoms with van der Waals surface area (Å²) in [6.45, 7) is 7.84. The maximum absolute atomic E-state index is 12.8. The molecule has 0 bridgehead atoms. The number of hydrogen-bond donors (Lipinski definition) is 2. The van der Waals surface area contributed by atoms with Crippen LogP contribution >= 0.6 is 0 Å². The third kappa shape index (κ3) is 7.09. The Hall–Kier alpha value is -3.39. The molecule has 2 amide bonds. The molecule has 0 saturated heterocycles. The summed E-state index contributed by atoms with van der Waals surface area (Å²) >= 11 is 0. The van der Waals surface area contributed by atoms with Crippen LogP contribution < -0.4 is 10.6 Å². The van der Waals surface area contributed by atoms with Gasteiger partial charge in [-0.1, -0.05) is 36.4 Å². The minimum atomic E-state index is -1.45. The van der Waals surface area contributed by atoms with E-state index in [-0.39, 0.29) is 6.61 Å². The van der Waals surface area contributed by atoms with Crippen LogP contribution in [0.15, 0.2) is 60.7 Å². The third-order valence-corrected chi connectivity index (χ3v) is 4.50. The molecule has 172 valence electrons. The molecule has 0 spiro atoms. The maximum Gasteiger partial charge on any atom is 0.412 e. The highest BCUT2D eigenvalue weighted by Gasteiger charge is 2.46. The number of benzene rings is 2. The van der Waals surface area contributed by atoms with Gasteiger partial charge in [0.25, 0.3) is 5.91 Å². The minimum absolute atomic E-state index is 0.0988. The second-order valence-electron chi connectivity index (χ2n) is 8.06. The fourth-order valence-corrected chi connectivity index (χ4v) is 2.80. The molecule has 2 rings (SSSR count). The van der Waals surface area contributed by atoms with Gasteiger partial charge in [-0.3, -0.25) is 10.1 Å². The number of hydrogen-bond acceptors (Lipinski definition) is 6. The Labute approximate surface area is 188 Å². The molecule has 1 unspecified atom stereocenters. The first-order valence-electron chi connectivity index (χ1n) is 10.3. The Bertz CT molecular complexity index is 913. The predicted octanol–water partition coefficient (Wildman–Crippen LogP) is 4.38. The quantitative estimate of drug-likeness (QED) is 0.559. The lowest BCUT2D eigenvalue weighted by molar-refractivity contribution is -0.192. The number of carbonyl (C=O) groups is 3. The van der Waals surface area contributed by atoms with Crippen LogP contribution in [-0.2, 0) is 23.8 Å². The molecule has 1 atom stereocenters. The fraction of sp³-hybridized carbons (Fsp3) is 0.375. The van der Waals surface area contributed by atoms with Crippen LogP contribution in [0, 0.1) is 0 Å². The van der Waals surface area contributed by atoms with E-state index in [4.69, 9.17) is 14.2 Å². The average molecular weight is 443 g/mol. The first-order chi connectivity index (χ1) is 15.0. The van der Waals surface area contributed by atoms with E-state index in [0.717, 1.165) is 0 Å². The highest BCUT2D eigenvalue weighted by atomic mass is 16.6. The van der Waals surface area contributed by atoms with Gasteiger partial charge >= 0.3 is 12.1 Å². The van der Waals surface area contributed by atoms with Crippen molar-refractivity contribution in [2.45, 2.75) is 51.9 Å². The topological polar surface area (TPSA) is 103 Å². The van der Waals surface area contributed by atoms with Crippen molar-refractivity contribution in [3.05, 3.63) is 60.7 Å². The van der Waals surface area contributed by atoms with Crippen molar-refractivity contribution in [1.82, 2.24) is 0 Å². The normalized spacial score (nSPS) is 12.4. The maximum atomic E-state index is 12.8. The Morgan fingerprint density at radius 1 is 0.844 bits per heavy atom. The van der Waals surface area contributed by atoms with E-state index in [1.54, 1.807) is 55.5 Å². The molecule has 0 aliphatic carbocycles. The molecule has 2 aromatic carbocycles. The molecule has 8 nitrogen and oxygen atoms in total. The highest BCUT2D eigenvalue weighted by Crippen LogP contribution is 2.26. The van der Waals surface area contributed by atoms with Gasteiger partial charge in [-0.15, -0.1) is 0 Å². The van der Waals surface area contributed by atoms with Gasteiger partial charge < -0.3 is 19.5 Å². The number of nitrogens with one attached hydrogen (secondary N) is 2. The van der Waals surface area contributed by atoms with Crippen molar-refractivity contribution >= 4 is 29.3 Å². The number of para-hydroxylation sites is 2. The van der Waals surface area contributed by atoms with Crippen molar-refractivity contribution < 1.29 is 28.6 Å². The zero-order valence-corrected chi connectivity index (χ0v) is 19.0. The number of carbonyl (C=O) groups excluding carboxylic acids is 3. The summed E-state index contributed by atoms with van der Waals surface area (Å²) in [5.41, 5.74) is -1.77. The Balaban J connectivity index is 2.16. The van der Waals surface area contributed by atoms with Gasteiger partial charge in [0.2, 0.25) is 0 Å². The molecule has 32 heavy (non-hydrogen) atoms. The monoisotopic (exact) mass is 442 g/mol. The third-order valence-electron chi connectivity index (χ3n) is 4.50. The molecular weight excluding hydrogens is 412 g/mol. The van der Waals surface area contributed by atoms with Gasteiger partial charge in [-0.25, -0.2) is 9.59 Å². The first-order valence-corrected chi connectivity index (χ1v) is 10.3. The van der Waals surface area contributed by atoms with Gasteiger partial charge in [0.05, 0.1) is 6.61 Å². The standard InChI is InChI=1S/C24H30N2O6/c1-6-30-20(27)19(23(2,3)32-22(29)26-18-15-11-8-12-16-18)31-24(4,5)21(28)25-17-13-9-7-10-14-17/h7-16,19H,6H2,1-5H3,(H,25,28)(H,26,29). The van der Waals surface area contributed by atoms with Gasteiger partial charge in [0.1, 0.15) is 11.2 Å². The molecule has 2 aromatic rings. The van der Waals surface area contributed by atoms with Crippen molar-refractivity contribution in [3.63, 3.8) is 0 Å². The van der Waals surface area contributed by atoms with Crippen LogP contribution in [0.2, 0.25) is 0 Å². The molecule has 0 aliphatic heterocycles. The predicted molar refractivity (Wildman–Crippen MR) is 121 cm³/mol. The number of esters is 1. The summed E-state index contributed by atoms with van der Waals surface area (Å²) in [5.74, 6) is -1.21. The van der Waals surface area contributed by atoms with Gasteiger partial charge in [0, 0.05) is 11.4 Å². The van der Waals surface area contributed by atoms with Crippen molar-refractivity contribution in [1.29, 1.82) is 0 Å². The van der Waals surface area contributed by atoms with Crippen molar-refractivity contribution in [2.24, 2.45) is 0 Å². The molecule has 0 aromatic heterocycles. The Morgan fingerprint density at radius 3 is 1.84 bits per heavy atom. The Morgan fingerprint density at radius 2 is 1.34 bits per heavy atom. The van der Waals surface area contributed by atoms with Crippen molar-refractivity contribution in [2.75, 3.05) is 17.2 Å². The van der Waals surface area contributed by atoms with E-state index < -0.39 is 35.3 Å². The van der Waals surface area contributed by atoms with Gasteiger partial charge in [-0.2, -0.15) is 0 Å². The number of anilines is 2. The summed E-state index contributed by atoms with van der Waals surface area (Å²) in [5, 5.41) is 5.34. The number of amides is 2. The van der Waals surface area contributed by atoms with E-state index in [2.05, 4.69) is 10.6 Å². The number of ether oxygens (including phenoxy) is 3. The molecule has 0 saturated carbocycles. The van der Waals surface area contributed by atoms with Crippen molar-refractivity contribution in [3.8, 4) is 0 Å². The summed E-state index contributed by atoms with van der Waals surface area (Å²) in [4.78, 5) is 38.0. The molecular formula is C24H30N2O6. The minimum Gasteiger partial charge on any atom is -0.464 e. The average Bonchev–Trinajstić information content (AvgIpc) is 2.73. The fourth-order valence-electron chi connectivity index (χ4n) is 2.80. The van der Waals surface area contributed by atoms with Crippen LogP contribution in [0.1, 0.15) is 34.6 Å². The smallest absolute Gasteiger partial charge is 0.412 e. The van der Waals surface area contributed by atoms with E-state index in [9.17, 15) is 14.4 Å². The molecule has 0 aliphatic rings. The second-order valence-corrected chi connectivity index (χ2v) is 8.06. The summed E-state index contributed by atoms with van der Waals surface area (Å²) in [6, 6.07) is 17.6. The van der Waals surface area contributed by atoms with Crippen LogP contribution in [0.4, 0.5) is 16.2 Å². The van der Waals surface area contributed by atoms with Crippen LogP contribution in [0.5, 0.6) is 0 Å². The largest absolute Gasteiger partial charge is 0.464 e. The lowest BCUT2D eigenvalue weighted by Gasteiger charge is -2.36. The second kappa shape index (κ2) is 10.8. The van der Waals surface area contributed by atoms with E-state index in [0.29, 0.717) is 11.4 Å². The van der Waals surface area contributed by atoms with E-state index in [1.807, 2.05) is 12.1 Å². The zero-order valence-electron chi connectivity index (χ0n) is 19.0. The van der Waals surface area contributed by atoms with Crippen LogP contribution in [0.25, 0.3) is 0 Å². The first kappa shape index (κ1) is 24.9. The van der Waals surface area contributed by atoms with Gasteiger partial charge in [0.15, 0.2) is 6.10 Å². The molecule has 2 N–H and O–H groups in total. The summed E-state index contributed by atoms with van der Waals surface area (Å²) in [7, 11) is 0. The van der Waals surface area contributed by atoms with Crippen LogP contribution in [-0.4, -0.2) is 41.9 Å². The molecule has 0 fully saturated rings. The number of rotatable bonds is 9. The van der Waals surface area contributed by atoms with Gasteiger partial charge in [-0.05, 0) is 58.9 Å². The lowest BCUT2D eigenvalue weighted by atomic mass is 9.99. The summed E-state index contributed by atoms with van der Waals surface area (Å²) < 4.78 is 16.5. The molecule has 0 radical (unpaired) electrons. The highest BCUT2D eigenvalue weighted by molar-refractivity contribution is 5.97. The summed E-state index contributed by atoms with van der Waals surface area (Å²) in [6.07, 6.45) is -2.13. The van der Waals surface area contributed by atoms with E-state index >= 15 is 0 Å². The van der Waals surface area contributed by atoms with Crippen LogP contribution in [0.3, 0.4) is 0 Å². The molecule has 0 heterocycles. The SMILES string of the molecule is CCOC(=O)C(OC(C)(C)C(=O)Nc1ccccc1)C(C)(C)OC(=O)Nc1ccccc1. The lowest BCUT2D eigenvalue weighted by Crippen LogP contribution is -2.54. The van der Waals surface area contributed by atoms with E-state index in [1.165, 1.54) is 27.7 Å².